The molecular formula is C12H14N2O5S. The normalized spacial score (nSPS) is 11.5. The first-order valence-corrected chi connectivity index (χ1v) is 7.59. The lowest BCUT2D eigenvalue weighted by Gasteiger charge is -2.09. The zero-order valence-electron chi connectivity index (χ0n) is 11.1. The fourth-order valence-corrected chi connectivity index (χ4v) is 1.93. The van der Waals surface area contributed by atoms with Gasteiger partial charge in [-0.15, -0.1) is 0 Å². The molecule has 0 saturated carbocycles. The van der Waals surface area contributed by atoms with Crippen LogP contribution in [-0.4, -0.2) is 45.0 Å². The Morgan fingerprint density at radius 1 is 1.15 bits per heavy atom. The fraction of sp³-hybridized carbons (Fsp3) is 0.333. The third-order valence-electron chi connectivity index (χ3n) is 2.30. The number of hydrogen-bond donors (Lipinski definition) is 0. The van der Waals surface area contributed by atoms with E-state index >= 15 is 0 Å². The molecule has 1 aromatic carbocycles. The van der Waals surface area contributed by atoms with Crippen LogP contribution in [0.2, 0.25) is 0 Å². The molecule has 8 heteroatoms. The Morgan fingerprint density at radius 2 is 1.90 bits per heavy atom. The number of methoxy groups -OCH3 is 1. The third kappa shape index (κ3) is 3.78. The van der Waals surface area contributed by atoms with Crippen LogP contribution in [0.1, 0.15) is 0 Å². The summed E-state index contributed by atoms with van der Waals surface area (Å²) in [5.41, 5.74) is 0.536. The second-order valence-electron chi connectivity index (χ2n) is 3.96. The number of rotatable bonds is 6. The Kier molecular flexibility index (Phi) is 4.35. The number of ether oxygens (including phenoxy) is 2. The standard InChI is InChI=1S/C12H14N2O5S/c1-17-7-8-18-12-13-10-6-4-3-5-9(10)11(14-12)19-20(2,15)16/h3-6H,7-8H2,1-2H3. The van der Waals surface area contributed by atoms with Crippen LogP contribution in [0.25, 0.3) is 10.9 Å². The van der Waals surface area contributed by atoms with Gasteiger partial charge in [-0.25, -0.2) is 0 Å². The highest BCUT2D eigenvalue weighted by Gasteiger charge is 2.14. The maximum absolute atomic E-state index is 11.3. The van der Waals surface area contributed by atoms with Gasteiger partial charge in [-0.1, -0.05) is 12.1 Å². The predicted molar refractivity (Wildman–Crippen MR) is 72.4 cm³/mol. The molecule has 0 amide bonds. The largest absolute Gasteiger partial charge is 0.461 e. The minimum absolute atomic E-state index is 0.0411. The number of aromatic nitrogens is 2. The van der Waals surface area contributed by atoms with Crippen molar-refractivity contribution in [3.63, 3.8) is 0 Å². The van der Waals surface area contributed by atoms with Crippen molar-refractivity contribution in [1.29, 1.82) is 0 Å². The Bertz CT molecular complexity index is 702. The molecule has 7 nitrogen and oxygen atoms in total. The molecular weight excluding hydrogens is 284 g/mol. The zero-order chi connectivity index (χ0) is 14.6. The summed E-state index contributed by atoms with van der Waals surface area (Å²) >= 11 is 0. The minimum Gasteiger partial charge on any atom is -0.461 e. The molecule has 0 atom stereocenters. The van der Waals surface area contributed by atoms with Crippen LogP contribution in [0, 0.1) is 0 Å². The zero-order valence-corrected chi connectivity index (χ0v) is 11.9. The van der Waals surface area contributed by atoms with Gasteiger partial charge in [0, 0.05) is 7.11 Å². The van der Waals surface area contributed by atoms with E-state index in [-0.39, 0.29) is 18.5 Å². The number of para-hydroxylation sites is 1. The molecule has 2 rings (SSSR count). The SMILES string of the molecule is COCCOc1nc(OS(C)(=O)=O)c2ccccc2n1. The highest BCUT2D eigenvalue weighted by molar-refractivity contribution is 7.86. The minimum atomic E-state index is -3.68. The molecule has 0 bridgehead atoms. The van der Waals surface area contributed by atoms with Crippen LogP contribution in [0.5, 0.6) is 11.9 Å². The van der Waals surface area contributed by atoms with Crippen molar-refractivity contribution in [2.45, 2.75) is 0 Å². The van der Waals surface area contributed by atoms with Gasteiger partial charge >= 0.3 is 16.1 Å². The van der Waals surface area contributed by atoms with E-state index in [2.05, 4.69) is 9.97 Å². The summed E-state index contributed by atoms with van der Waals surface area (Å²) in [5, 5.41) is 0.497. The van der Waals surface area contributed by atoms with Gasteiger partial charge in [0.2, 0.25) is 5.88 Å². The second-order valence-corrected chi connectivity index (χ2v) is 5.53. The summed E-state index contributed by atoms with van der Waals surface area (Å²) in [6, 6.07) is 6.95. The summed E-state index contributed by atoms with van der Waals surface area (Å²) in [4.78, 5) is 8.14. The van der Waals surface area contributed by atoms with Crippen molar-refractivity contribution in [3.8, 4) is 11.9 Å². The van der Waals surface area contributed by atoms with Gasteiger partial charge in [-0.2, -0.15) is 18.4 Å². The smallest absolute Gasteiger partial charge is 0.320 e. The first-order valence-electron chi connectivity index (χ1n) is 5.77. The van der Waals surface area contributed by atoms with Gasteiger partial charge in [0.25, 0.3) is 0 Å². The van der Waals surface area contributed by atoms with Crippen molar-refractivity contribution in [3.05, 3.63) is 24.3 Å². The molecule has 0 aliphatic rings. The molecule has 0 fully saturated rings. The number of fused-ring (bicyclic) bond motifs is 1. The molecule has 108 valence electrons. The van der Waals surface area contributed by atoms with Crippen molar-refractivity contribution in [2.75, 3.05) is 26.6 Å². The maximum Gasteiger partial charge on any atom is 0.320 e. The summed E-state index contributed by atoms with van der Waals surface area (Å²) in [5.74, 6) is -0.0504. The van der Waals surface area contributed by atoms with Crippen LogP contribution in [-0.2, 0) is 14.9 Å². The molecule has 0 spiro atoms. The molecule has 0 N–H and O–H groups in total. The van der Waals surface area contributed by atoms with Crippen LogP contribution < -0.4 is 8.92 Å². The highest BCUT2D eigenvalue weighted by Crippen LogP contribution is 2.25. The number of hydrogen-bond acceptors (Lipinski definition) is 7. The molecule has 20 heavy (non-hydrogen) atoms. The lowest BCUT2D eigenvalue weighted by Crippen LogP contribution is -2.10. The molecule has 0 unspecified atom stereocenters. The van der Waals surface area contributed by atoms with Crippen molar-refractivity contribution in [1.82, 2.24) is 9.97 Å². The highest BCUT2D eigenvalue weighted by atomic mass is 32.2. The van der Waals surface area contributed by atoms with Gasteiger partial charge in [0.05, 0.1) is 23.8 Å². The van der Waals surface area contributed by atoms with E-state index in [1.165, 1.54) is 0 Å². The summed E-state index contributed by atoms with van der Waals surface area (Å²) in [6.45, 7) is 0.631. The fourth-order valence-electron chi connectivity index (χ4n) is 1.51. The Hall–Kier alpha value is -1.93. The van der Waals surface area contributed by atoms with E-state index < -0.39 is 10.1 Å². The maximum atomic E-state index is 11.3. The molecule has 0 aliphatic heterocycles. The average Bonchev–Trinajstić information content (AvgIpc) is 2.37. The van der Waals surface area contributed by atoms with Crippen molar-refractivity contribution < 1.29 is 22.1 Å². The Labute approximate surface area is 116 Å². The first kappa shape index (κ1) is 14.5. The van der Waals surface area contributed by atoms with Gasteiger partial charge in [-0.3, -0.25) is 0 Å². The molecule has 0 saturated heterocycles. The van der Waals surface area contributed by atoms with E-state index in [0.29, 0.717) is 17.5 Å². The predicted octanol–water partition coefficient (Wildman–Crippen LogP) is 0.993. The van der Waals surface area contributed by atoms with Crippen molar-refractivity contribution >= 4 is 21.0 Å². The molecule has 1 heterocycles. The average molecular weight is 298 g/mol. The van der Waals surface area contributed by atoms with Crippen LogP contribution >= 0.6 is 0 Å². The van der Waals surface area contributed by atoms with E-state index in [1.54, 1.807) is 31.4 Å². The monoisotopic (exact) mass is 298 g/mol. The lowest BCUT2D eigenvalue weighted by molar-refractivity contribution is 0.141. The Balaban J connectivity index is 2.41. The van der Waals surface area contributed by atoms with Crippen molar-refractivity contribution in [2.24, 2.45) is 0 Å². The van der Waals surface area contributed by atoms with Crippen LogP contribution in [0.4, 0.5) is 0 Å². The summed E-state index contributed by atoms with van der Waals surface area (Å²) < 4.78 is 37.6. The summed E-state index contributed by atoms with van der Waals surface area (Å²) in [6.07, 6.45) is 0.954. The molecule has 0 radical (unpaired) electrons. The van der Waals surface area contributed by atoms with Gasteiger partial charge in [-0.05, 0) is 12.1 Å². The quantitative estimate of drug-likeness (QED) is 0.580. The molecule has 2 aromatic rings. The molecule has 0 aliphatic carbocycles. The van der Waals surface area contributed by atoms with Gasteiger partial charge in [0.1, 0.15) is 6.61 Å². The van der Waals surface area contributed by atoms with Crippen LogP contribution in [0.15, 0.2) is 24.3 Å². The lowest BCUT2D eigenvalue weighted by atomic mass is 10.2. The van der Waals surface area contributed by atoms with Crippen LogP contribution in [0.3, 0.4) is 0 Å². The topological polar surface area (TPSA) is 87.6 Å². The second kappa shape index (κ2) is 6.02. The van der Waals surface area contributed by atoms with Gasteiger partial charge in [0.15, 0.2) is 0 Å². The molecule has 1 aromatic heterocycles. The summed E-state index contributed by atoms with van der Waals surface area (Å²) in [7, 11) is -2.14. The van der Waals surface area contributed by atoms with E-state index in [9.17, 15) is 8.42 Å². The first-order chi connectivity index (χ1) is 9.49. The van der Waals surface area contributed by atoms with Gasteiger partial charge < -0.3 is 13.7 Å². The third-order valence-corrected chi connectivity index (χ3v) is 2.76. The van der Waals surface area contributed by atoms with E-state index in [0.717, 1.165) is 6.26 Å². The number of nitrogens with zero attached hydrogens (tertiary/aromatic N) is 2. The Morgan fingerprint density at radius 3 is 2.60 bits per heavy atom. The van der Waals surface area contributed by atoms with E-state index in [1.807, 2.05) is 0 Å². The number of benzene rings is 1. The van der Waals surface area contributed by atoms with E-state index in [4.69, 9.17) is 13.7 Å².